The van der Waals surface area contributed by atoms with E-state index in [1.54, 1.807) is 12.3 Å². The average Bonchev–Trinajstić information content (AvgIpc) is 3.02. The minimum atomic E-state index is 0.430. The first kappa shape index (κ1) is 21.9. The van der Waals surface area contributed by atoms with E-state index in [0.29, 0.717) is 18.1 Å². The third-order valence-electron chi connectivity index (χ3n) is 6.70. The van der Waals surface area contributed by atoms with E-state index in [2.05, 4.69) is 34.2 Å². The van der Waals surface area contributed by atoms with Crippen molar-refractivity contribution >= 4 is 23.5 Å². The van der Waals surface area contributed by atoms with Crippen LogP contribution in [0.15, 0.2) is 66.9 Å². The summed E-state index contributed by atoms with van der Waals surface area (Å²) in [5, 5.41) is 0.798. The Hall–Kier alpha value is -2.95. The topological polar surface area (TPSA) is 42.4 Å². The molecule has 2 aliphatic heterocycles. The van der Waals surface area contributed by atoms with Crippen LogP contribution in [0.2, 0.25) is 5.02 Å². The number of hydrogen-bond acceptors (Lipinski definition) is 4. The van der Waals surface area contributed by atoms with Crippen LogP contribution in [0.25, 0.3) is 5.57 Å². The third-order valence-corrected chi connectivity index (χ3v) is 6.95. The summed E-state index contributed by atoms with van der Waals surface area (Å²) in [5.74, 6) is 1.41. The number of halogens is 1. The van der Waals surface area contributed by atoms with Gasteiger partial charge in [-0.3, -0.25) is 9.78 Å². The molecule has 0 aliphatic carbocycles. The number of aldehydes is 1. The zero-order valence-electron chi connectivity index (χ0n) is 18.5. The lowest BCUT2D eigenvalue weighted by molar-refractivity contribution is 0.112. The third kappa shape index (κ3) is 4.87. The molecule has 4 nitrogen and oxygen atoms in total. The van der Waals surface area contributed by atoms with Gasteiger partial charge >= 0.3 is 0 Å². The normalized spacial score (nSPS) is 17.7. The van der Waals surface area contributed by atoms with Crippen LogP contribution in [0, 0.1) is 0 Å². The van der Waals surface area contributed by atoms with Crippen molar-refractivity contribution in [3.63, 3.8) is 0 Å². The summed E-state index contributed by atoms with van der Waals surface area (Å²) in [6.07, 6.45) is 8.25. The first-order valence-corrected chi connectivity index (χ1v) is 11.9. The molecule has 0 N–H and O–H groups in total. The van der Waals surface area contributed by atoms with Crippen LogP contribution in [0.5, 0.6) is 5.75 Å². The first-order valence-electron chi connectivity index (χ1n) is 11.6. The number of carbonyl (C=O) groups is 1. The van der Waals surface area contributed by atoms with Crippen LogP contribution >= 0.6 is 11.6 Å². The van der Waals surface area contributed by atoms with Gasteiger partial charge < -0.3 is 9.64 Å². The van der Waals surface area contributed by atoms with Crippen LogP contribution in [-0.4, -0.2) is 35.8 Å². The number of hydrogen-bond donors (Lipinski definition) is 0. The van der Waals surface area contributed by atoms with Crippen LogP contribution < -0.4 is 4.74 Å². The second kappa shape index (κ2) is 9.90. The summed E-state index contributed by atoms with van der Waals surface area (Å²) < 4.78 is 6.02. The number of carbonyl (C=O) groups excluding carboxylic acids is 1. The predicted molar refractivity (Wildman–Crippen MR) is 132 cm³/mol. The highest BCUT2D eigenvalue weighted by Crippen LogP contribution is 2.37. The van der Waals surface area contributed by atoms with Crippen molar-refractivity contribution in [3.8, 4) is 5.75 Å². The number of nitrogens with zero attached hydrogens (tertiary/aromatic N) is 2. The number of likely N-dealkylation sites (tertiary alicyclic amines) is 1. The molecule has 33 heavy (non-hydrogen) atoms. The number of rotatable bonds is 5. The molecule has 1 aromatic heterocycles. The Kier molecular flexibility index (Phi) is 6.56. The molecular formula is C28H27ClN2O2. The number of piperidine rings is 1. The van der Waals surface area contributed by atoms with Crippen LogP contribution in [0.1, 0.15) is 57.9 Å². The van der Waals surface area contributed by atoms with Crippen molar-refractivity contribution in [2.45, 2.75) is 31.8 Å². The van der Waals surface area contributed by atoms with Crippen molar-refractivity contribution < 1.29 is 9.53 Å². The summed E-state index contributed by atoms with van der Waals surface area (Å²) >= 11 is 6.04. The fraction of sp³-hybridized carbons (Fsp3) is 0.286. The molecule has 0 atom stereocenters. The summed E-state index contributed by atoms with van der Waals surface area (Å²) in [6.45, 7) is 3.64. The standard InChI is InChI=1S/C28H27ClN2O2/c29-23-8-6-21(7-9-23)22-11-15-31(16-12-22)14-2-4-24-25-3-1-13-30-27(25)19-33-28-10-5-20(18-32)17-26(24)28/h1,3-10,13,17-18,22H,2,11-12,14-16,19H2/b24-4+. The molecule has 2 aromatic carbocycles. The molecule has 0 unspecified atom stereocenters. The SMILES string of the molecule is O=Cc1ccc2c(c1)/C(=C/CCN1CCC(c3ccc(Cl)cc3)CC1)c1cccnc1CO2. The minimum Gasteiger partial charge on any atom is -0.487 e. The Morgan fingerprint density at radius 3 is 2.67 bits per heavy atom. The van der Waals surface area contributed by atoms with E-state index in [4.69, 9.17) is 16.3 Å². The number of aromatic nitrogens is 1. The molecule has 0 radical (unpaired) electrons. The molecule has 168 valence electrons. The van der Waals surface area contributed by atoms with E-state index in [1.165, 1.54) is 18.4 Å². The fourth-order valence-corrected chi connectivity index (χ4v) is 5.01. The molecule has 5 heteroatoms. The molecule has 0 saturated carbocycles. The number of pyridine rings is 1. The van der Waals surface area contributed by atoms with E-state index in [1.807, 2.05) is 30.3 Å². The molecule has 0 spiro atoms. The summed E-state index contributed by atoms with van der Waals surface area (Å²) in [4.78, 5) is 18.5. The van der Waals surface area contributed by atoms with Gasteiger partial charge in [0.1, 0.15) is 18.6 Å². The maximum absolute atomic E-state index is 11.4. The first-order chi connectivity index (χ1) is 16.2. The zero-order chi connectivity index (χ0) is 22.6. The van der Waals surface area contributed by atoms with Gasteiger partial charge in [-0.25, -0.2) is 0 Å². The summed E-state index contributed by atoms with van der Waals surface area (Å²) in [6, 6.07) is 18.0. The number of benzene rings is 2. The Bertz CT molecular complexity index is 1160. The second-order valence-corrected chi connectivity index (χ2v) is 9.17. The Balaban J connectivity index is 1.30. The fourth-order valence-electron chi connectivity index (χ4n) is 4.88. The molecule has 1 saturated heterocycles. The van der Waals surface area contributed by atoms with Gasteiger partial charge in [0, 0.05) is 34.5 Å². The van der Waals surface area contributed by atoms with E-state index in [-0.39, 0.29) is 0 Å². The van der Waals surface area contributed by atoms with Crippen molar-refractivity contribution in [2.75, 3.05) is 19.6 Å². The van der Waals surface area contributed by atoms with Crippen molar-refractivity contribution in [1.29, 1.82) is 0 Å². The lowest BCUT2D eigenvalue weighted by Crippen LogP contribution is -2.33. The number of ether oxygens (including phenoxy) is 1. The van der Waals surface area contributed by atoms with Gasteiger partial charge in [-0.15, -0.1) is 0 Å². The largest absolute Gasteiger partial charge is 0.487 e. The highest BCUT2D eigenvalue weighted by atomic mass is 35.5. The molecule has 0 bridgehead atoms. The van der Waals surface area contributed by atoms with Crippen molar-refractivity contribution in [2.24, 2.45) is 0 Å². The van der Waals surface area contributed by atoms with Gasteiger partial charge in [-0.05, 0) is 85.8 Å². The maximum Gasteiger partial charge on any atom is 0.150 e. The quantitative estimate of drug-likeness (QED) is 0.430. The van der Waals surface area contributed by atoms with Crippen LogP contribution in [0.3, 0.4) is 0 Å². The Labute approximate surface area is 199 Å². The van der Waals surface area contributed by atoms with Gasteiger partial charge in [0.25, 0.3) is 0 Å². The van der Waals surface area contributed by atoms with Crippen LogP contribution in [0.4, 0.5) is 0 Å². The highest BCUT2D eigenvalue weighted by Gasteiger charge is 2.22. The molecule has 3 aromatic rings. The highest BCUT2D eigenvalue weighted by molar-refractivity contribution is 6.30. The minimum absolute atomic E-state index is 0.430. The molecule has 3 heterocycles. The zero-order valence-corrected chi connectivity index (χ0v) is 19.3. The van der Waals surface area contributed by atoms with Crippen molar-refractivity contribution in [1.82, 2.24) is 9.88 Å². The van der Waals surface area contributed by atoms with E-state index < -0.39 is 0 Å². The van der Waals surface area contributed by atoms with Gasteiger partial charge in [0.2, 0.25) is 0 Å². The monoisotopic (exact) mass is 458 g/mol. The van der Waals surface area contributed by atoms with E-state index >= 15 is 0 Å². The smallest absolute Gasteiger partial charge is 0.150 e. The van der Waals surface area contributed by atoms with Gasteiger partial charge in [-0.2, -0.15) is 0 Å². The molecular weight excluding hydrogens is 432 g/mol. The van der Waals surface area contributed by atoms with Crippen molar-refractivity contribution in [3.05, 3.63) is 99.8 Å². The maximum atomic E-state index is 11.4. The lowest BCUT2D eigenvalue weighted by atomic mass is 9.89. The molecule has 1 fully saturated rings. The number of fused-ring (bicyclic) bond motifs is 2. The second-order valence-electron chi connectivity index (χ2n) is 8.73. The predicted octanol–water partition coefficient (Wildman–Crippen LogP) is 6.14. The Morgan fingerprint density at radius 1 is 1.06 bits per heavy atom. The van der Waals surface area contributed by atoms with Gasteiger partial charge in [0.05, 0.1) is 5.69 Å². The lowest BCUT2D eigenvalue weighted by Gasteiger charge is -2.32. The van der Waals surface area contributed by atoms with Gasteiger partial charge in [-0.1, -0.05) is 35.9 Å². The molecule has 2 aliphatic rings. The van der Waals surface area contributed by atoms with Gasteiger partial charge in [0.15, 0.2) is 0 Å². The summed E-state index contributed by atoms with van der Waals surface area (Å²) in [5.41, 5.74) is 6.13. The van der Waals surface area contributed by atoms with Crippen LogP contribution in [-0.2, 0) is 6.61 Å². The Morgan fingerprint density at radius 2 is 1.88 bits per heavy atom. The van der Waals surface area contributed by atoms with E-state index in [0.717, 1.165) is 65.5 Å². The average molecular weight is 459 g/mol. The van der Waals surface area contributed by atoms with E-state index in [9.17, 15) is 4.79 Å². The molecule has 0 amide bonds. The summed E-state index contributed by atoms with van der Waals surface area (Å²) in [7, 11) is 0. The molecule has 5 rings (SSSR count).